The van der Waals surface area contributed by atoms with Crippen molar-refractivity contribution in [3.05, 3.63) is 83.9 Å². The molecule has 0 spiro atoms. The summed E-state index contributed by atoms with van der Waals surface area (Å²) >= 11 is 0. The zero-order valence-corrected chi connectivity index (χ0v) is 15.1. The molecule has 0 radical (unpaired) electrons. The zero-order valence-electron chi connectivity index (χ0n) is 14.3. The summed E-state index contributed by atoms with van der Waals surface area (Å²) in [6, 6.07) is 22.6. The molecule has 0 bridgehead atoms. The Bertz CT molecular complexity index is 1030. The topological polar surface area (TPSA) is 63.4 Å². The first-order valence-electron chi connectivity index (χ1n) is 8.57. The summed E-state index contributed by atoms with van der Waals surface area (Å²) in [6.45, 7) is 0.942. The minimum absolute atomic E-state index is 0.330. The maximum Gasteiger partial charge on any atom is 0.243 e. The number of nitrogens with zero attached hydrogens (tertiary/aromatic N) is 1. The second-order valence-electron chi connectivity index (χ2n) is 6.50. The van der Waals surface area contributed by atoms with Crippen molar-refractivity contribution in [2.24, 2.45) is 0 Å². The van der Waals surface area contributed by atoms with Crippen LogP contribution in [-0.2, 0) is 23.0 Å². The third-order valence-corrected chi connectivity index (χ3v) is 6.69. The van der Waals surface area contributed by atoms with E-state index in [1.54, 1.807) is 16.4 Å². The van der Waals surface area contributed by atoms with Gasteiger partial charge in [0.1, 0.15) is 0 Å². The predicted molar refractivity (Wildman–Crippen MR) is 104 cm³/mol. The average Bonchev–Trinajstić information content (AvgIpc) is 2.68. The molecule has 0 atom stereocenters. The van der Waals surface area contributed by atoms with Crippen LogP contribution in [0.3, 0.4) is 0 Å². The fraction of sp³-hybridized carbons (Fsp3) is 0.143. The first-order chi connectivity index (χ1) is 12.5. The van der Waals surface area contributed by atoms with Gasteiger partial charge in [-0.05, 0) is 52.9 Å². The number of fused-ring (bicyclic) bond motifs is 1. The van der Waals surface area contributed by atoms with Gasteiger partial charge in [-0.3, -0.25) is 0 Å². The average molecular weight is 364 g/mol. The summed E-state index contributed by atoms with van der Waals surface area (Å²) in [4.78, 5) is 0.330. The lowest BCUT2D eigenvalue weighted by atomic mass is 10.0. The predicted octanol–water partition coefficient (Wildman–Crippen LogP) is 3.68. The van der Waals surface area contributed by atoms with E-state index in [0.29, 0.717) is 23.7 Å². The maximum atomic E-state index is 13.0. The molecule has 1 aliphatic heterocycles. The monoisotopic (exact) mass is 364 g/mol. The third kappa shape index (κ3) is 3.11. The molecular weight excluding hydrogens is 344 g/mol. The molecule has 132 valence electrons. The molecule has 4 nitrogen and oxygen atoms in total. The molecule has 0 unspecified atom stereocenters. The normalized spacial score (nSPS) is 14.8. The summed E-state index contributed by atoms with van der Waals surface area (Å²) in [7, 11) is -3.50. The minimum atomic E-state index is -3.50. The molecule has 5 heteroatoms. The van der Waals surface area contributed by atoms with Crippen molar-refractivity contribution < 1.29 is 8.42 Å². The lowest BCUT2D eigenvalue weighted by molar-refractivity contribution is 0.391. The van der Waals surface area contributed by atoms with Gasteiger partial charge in [0, 0.05) is 18.8 Å². The van der Waals surface area contributed by atoms with Crippen LogP contribution in [0.5, 0.6) is 0 Å². The van der Waals surface area contributed by atoms with Crippen LogP contribution in [-0.4, -0.2) is 19.3 Å². The van der Waals surface area contributed by atoms with Crippen LogP contribution in [0.4, 0.5) is 5.69 Å². The number of hydrogen-bond acceptors (Lipinski definition) is 3. The van der Waals surface area contributed by atoms with Gasteiger partial charge in [0.25, 0.3) is 0 Å². The Labute approximate surface area is 153 Å². The number of benzene rings is 3. The molecular formula is C21H20N2O2S. The van der Waals surface area contributed by atoms with E-state index >= 15 is 0 Å². The molecule has 0 amide bonds. The van der Waals surface area contributed by atoms with Crippen LogP contribution in [0.2, 0.25) is 0 Å². The van der Waals surface area contributed by atoms with E-state index < -0.39 is 10.0 Å². The van der Waals surface area contributed by atoms with Crippen molar-refractivity contribution in [3.63, 3.8) is 0 Å². The number of sulfonamides is 1. The summed E-state index contributed by atoms with van der Waals surface area (Å²) in [5.41, 5.74) is 10.7. The Morgan fingerprint density at radius 1 is 0.769 bits per heavy atom. The highest BCUT2D eigenvalue weighted by atomic mass is 32.2. The van der Waals surface area contributed by atoms with E-state index in [9.17, 15) is 8.42 Å². The van der Waals surface area contributed by atoms with Crippen molar-refractivity contribution in [2.45, 2.75) is 17.9 Å². The summed E-state index contributed by atoms with van der Waals surface area (Å²) in [6.07, 6.45) is 0.749. The van der Waals surface area contributed by atoms with Crippen LogP contribution in [0.1, 0.15) is 11.1 Å². The van der Waals surface area contributed by atoms with E-state index in [4.69, 9.17) is 5.73 Å². The van der Waals surface area contributed by atoms with Gasteiger partial charge in [0.2, 0.25) is 10.0 Å². The Balaban J connectivity index is 1.59. The quantitative estimate of drug-likeness (QED) is 0.721. The summed E-state index contributed by atoms with van der Waals surface area (Å²) < 4.78 is 27.6. The van der Waals surface area contributed by atoms with Gasteiger partial charge in [-0.25, -0.2) is 8.42 Å². The number of nitrogen functional groups attached to an aromatic ring is 1. The van der Waals surface area contributed by atoms with Gasteiger partial charge in [-0.2, -0.15) is 4.31 Å². The number of anilines is 1. The molecule has 26 heavy (non-hydrogen) atoms. The summed E-state index contributed by atoms with van der Waals surface area (Å²) in [5.74, 6) is 0. The molecule has 0 aliphatic carbocycles. The smallest absolute Gasteiger partial charge is 0.243 e. The fourth-order valence-electron chi connectivity index (χ4n) is 3.32. The molecule has 2 N–H and O–H groups in total. The minimum Gasteiger partial charge on any atom is -0.399 e. The first kappa shape index (κ1) is 16.8. The van der Waals surface area contributed by atoms with Crippen LogP contribution >= 0.6 is 0 Å². The molecule has 0 saturated carbocycles. The second-order valence-corrected chi connectivity index (χ2v) is 8.44. The fourth-order valence-corrected chi connectivity index (χ4v) is 4.74. The highest BCUT2D eigenvalue weighted by molar-refractivity contribution is 7.89. The van der Waals surface area contributed by atoms with Crippen LogP contribution in [0, 0.1) is 0 Å². The van der Waals surface area contributed by atoms with Crippen molar-refractivity contribution in [2.75, 3.05) is 12.3 Å². The Kier molecular flexibility index (Phi) is 4.26. The van der Waals surface area contributed by atoms with E-state index in [2.05, 4.69) is 6.07 Å². The lowest BCUT2D eigenvalue weighted by Gasteiger charge is -2.28. The Morgan fingerprint density at radius 2 is 1.35 bits per heavy atom. The third-order valence-electron chi connectivity index (χ3n) is 4.83. The molecule has 3 aromatic carbocycles. The highest BCUT2D eigenvalue weighted by Gasteiger charge is 2.28. The molecule has 0 fully saturated rings. The molecule has 1 aliphatic rings. The van der Waals surface area contributed by atoms with E-state index in [0.717, 1.165) is 23.1 Å². The lowest BCUT2D eigenvalue weighted by Crippen LogP contribution is -2.35. The van der Waals surface area contributed by atoms with Crippen LogP contribution < -0.4 is 5.73 Å². The van der Waals surface area contributed by atoms with Crippen molar-refractivity contribution >= 4 is 15.7 Å². The van der Waals surface area contributed by atoms with Gasteiger partial charge in [0.05, 0.1) is 4.90 Å². The standard InChI is InChI=1S/C21H20N2O2S/c22-20-9-5-17(6-10-20)18-7-11-21(12-8-18)26(24,25)23-14-13-16-3-1-2-4-19(16)15-23/h1-12H,13-15,22H2. The summed E-state index contributed by atoms with van der Waals surface area (Å²) in [5, 5.41) is 0. The van der Waals surface area contributed by atoms with E-state index in [1.807, 2.05) is 54.6 Å². The highest BCUT2D eigenvalue weighted by Crippen LogP contribution is 2.27. The molecule has 0 saturated heterocycles. The Morgan fingerprint density at radius 3 is 2.00 bits per heavy atom. The van der Waals surface area contributed by atoms with Gasteiger partial charge in [0.15, 0.2) is 0 Å². The number of hydrogen-bond donors (Lipinski definition) is 1. The van der Waals surface area contributed by atoms with Crippen LogP contribution in [0.15, 0.2) is 77.7 Å². The molecule has 0 aromatic heterocycles. The van der Waals surface area contributed by atoms with Crippen LogP contribution in [0.25, 0.3) is 11.1 Å². The van der Waals surface area contributed by atoms with Gasteiger partial charge >= 0.3 is 0 Å². The van der Waals surface area contributed by atoms with Crippen molar-refractivity contribution in [3.8, 4) is 11.1 Å². The SMILES string of the molecule is Nc1ccc(-c2ccc(S(=O)(=O)N3CCc4ccccc4C3)cc2)cc1. The maximum absolute atomic E-state index is 13.0. The number of rotatable bonds is 3. The molecule has 3 aromatic rings. The molecule has 1 heterocycles. The Hall–Kier alpha value is -2.63. The zero-order chi connectivity index (χ0) is 18.1. The second kappa shape index (κ2) is 6.59. The van der Waals surface area contributed by atoms with Gasteiger partial charge < -0.3 is 5.73 Å². The van der Waals surface area contributed by atoms with Gasteiger partial charge in [-0.1, -0.05) is 48.5 Å². The molecule has 4 rings (SSSR count). The first-order valence-corrected chi connectivity index (χ1v) is 10.0. The van der Waals surface area contributed by atoms with E-state index in [-0.39, 0.29) is 0 Å². The van der Waals surface area contributed by atoms with Crippen molar-refractivity contribution in [1.29, 1.82) is 0 Å². The van der Waals surface area contributed by atoms with E-state index in [1.165, 1.54) is 5.56 Å². The number of nitrogens with two attached hydrogens (primary N) is 1. The van der Waals surface area contributed by atoms with Crippen molar-refractivity contribution in [1.82, 2.24) is 4.31 Å². The largest absolute Gasteiger partial charge is 0.399 e. The van der Waals surface area contributed by atoms with Gasteiger partial charge in [-0.15, -0.1) is 0 Å².